The monoisotopic (exact) mass is 237 g/mol. The molecule has 1 aromatic rings. The van der Waals surface area contributed by atoms with Gasteiger partial charge in [-0.05, 0) is 31.0 Å². The summed E-state index contributed by atoms with van der Waals surface area (Å²) in [7, 11) is 0. The summed E-state index contributed by atoms with van der Waals surface area (Å²) in [4.78, 5) is 0. The zero-order valence-corrected chi connectivity index (χ0v) is 10.8. The van der Waals surface area contributed by atoms with E-state index in [9.17, 15) is 0 Å². The Labute approximate surface area is 104 Å². The van der Waals surface area contributed by atoms with Gasteiger partial charge in [0, 0.05) is 12.6 Å². The topological polar surface area (TPSA) is 41.5 Å². The molecule has 0 aliphatic carbocycles. The molecule has 0 saturated carbocycles. The molecule has 17 heavy (non-hydrogen) atoms. The summed E-state index contributed by atoms with van der Waals surface area (Å²) in [5.74, 6) is 0.928. The fraction of sp³-hybridized carbons (Fsp3) is 0.571. The van der Waals surface area contributed by atoms with Crippen molar-refractivity contribution in [2.45, 2.75) is 39.3 Å². The van der Waals surface area contributed by atoms with Crippen LogP contribution in [0.5, 0.6) is 5.75 Å². The Morgan fingerprint density at radius 3 is 2.59 bits per heavy atom. The first-order chi connectivity index (χ1) is 8.26. The van der Waals surface area contributed by atoms with Gasteiger partial charge in [0.15, 0.2) is 0 Å². The zero-order chi connectivity index (χ0) is 12.5. The van der Waals surface area contributed by atoms with Crippen LogP contribution in [0.15, 0.2) is 24.3 Å². The fourth-order valence-corrected chi connectivity index (χ4v) is 1.39. The highest BCUT2D eigenvalue weighted by molar-refractivity contribution is 5.27. The second kappa shape index (κ2) is 8.09. The summed E-state index contributed by atoms with van der Waals surface area (Å²) >= 11 is 0. The first-order valence-electron chi connectivity index (χ1n) is 6.32. The van der Waals surface area contributed by atoms with Crippen molar-refractivity contribution in [3.63, 3.8) is 0 Å². The van der Waals surface area contributed by atoms with Crippen LogP contribution in [0.25, 0.3) is 0 Å². The van der Waals surface area contributed by atoms with Crippen LogP contribution in [0.1, 0.15) is 32.3 Å². The molecule has 1 rings (SSSR count). The second-order valence-electron chi connectivity index (χ2n) is 4.31. The Bertz CT molecular complexity index is 298. The third kappa shape index (κ3) is 5.71. The van der Waals surface area contributed by atoms with Gasteiger partial charge < -0.3 is 15.2 Å². The van der Waals surface area contributed by atoms with Crippen molar-refractivity contribution in [3.8, 4) is 5.75 Å². The Hall–Kier alpha value is -1.06. The molecule has 96 valence electrons. The fourth-order valence-electron chi connectivity index (χ4n) is 1.39. The number of ether oxygens (including phenoxy) is 1. The van der Waals surface area contributed by atoms with Crippen molar-refractivity contribution >= 4 is 0 Å². The van der Waals surface area contributed by atoms with Crippen LogP contribution in [0.4, 0.5) is 0 Å². The quantitative estimate of drug-likeness (QED) is 0.682. The van der Waals surface area contributed by atoms with E-state index in [0.717, 1.165) is 31.7 Å². The van der Waals surface area contributed by atoms with E-state index in [1.165, 1.54) is 5.56 Å². The molecule has 0 heterocycles. The molecule has 0 unspecified atom stereocenters. The van der Waals surface area contributed by atoms with Crippen LogP contribution >= 0.6 is 0 Å². The van der Waals surface area contributed by atoms with E-state index in [1.807, 2.05) is 19.1 Å². The molecule has 0 aromatic heterocycles. The van der Waals surface area contributed by atoms with Crippen molar-refractivity contribution in [3.05, 3.63) is 29.8 Å². The van der Waals surface area contributed by atoms with Gasteiger partial charge in [-0.1, -0.05) is 25.5 Å². The molecule has 0 saturated heterocycles. The van der Waals surface area contributed by atoms with Crippen molar-refractivity contribution in [2.75, 3.05) is 13.2 Å². The summed E-state index contributed by atoms with van der Waals surface area (Å²) < 4.78 is 5.59. The molecule has 0 spiro atoms. The number of aliphatic hydroxyl groups excluding tert-OH is 1. The molecule has 0 fully saturated rings. The third-order valence-electron chi connectivity index (χ3n) is 2.62. The van der Waals surface area contributed by atoms with Gasteiger partial charge in [-0.25, -0.2) is 0 Å². The lowest BCUT2D eigenvalue weighted by atomic mass is 10.2. The molecule has 1 aromatic carbocycles. The molecule has 0 bridgehead atoms. The molecule has 0 aliphatic rings. The average molecular weight is 237 g/mol. The highest BCUT2D eigenvalue weighted by atomic mass is 16.5. The Balaban J connectivity index is 2.34. The predicted molar refractivity (Wildman–Crippen MR) is 70.2 cm³/mol. The summed E-state index contributed by atoms with van der Waals surface area (Å²) in [5.41, 5.74) is 1.20. The molecule has 0 aliphatic heterocycles. The van der Waals surface area contributed by atoms with Crippen molar-refractivity contribution in [1.29, 1.82) is 0 Å². The summed E-state index contributed by atoms with van der Waals surface area (Å²) in [6.45, 7) is 5.84. The average Bonchev–Trinajstić information content (AvgIpc) is 2.37. The van der Waals surface area contributed by atoms with Gasteiger partial charge in [0.25, 0.3) is 0 Å². The van der Waals surface area contributed by atoms with Crippen LogP contribution < -0.4 is 10.1 Å². The largest absolute Gasteiger partial charge is 0.494 e. The predicted octanol–water partition coefficient (Wildman–Crippen LogP) is 2.34. The minimum atomic E-state index is 0.135. The second-order valence-corrected chi connectivity index (χ2v) is 4.31. The Morgan fingerprint density at radius 2 is 2.00 bits per heavy atom. The van der Waals surface area contributed by atoms with Gasteiger partial charge in [-0.2, -0.15) is 0 Å². The smallest absolute Gasteiger partial charge is 0.119 e. The number of hydrogen-bond acceptors (Lipinski definition) is 3. The lowest BCUT2D eigenvalue weighted by molar-refractivity contribution is 0.251. The van der Waals surface area contributed by atoms with E-state index in [2.05, 4.69) is 24.4 Å². The number of aliphatic hydroxyl groups is 1. The minimum absolute atomic E-state index is 0.135. The van der Waals surface area contributed by atoms with Crippen LogP contribution in [0.2, 0.25) is 0 Å². The number of hydrogen-bond donors (Lipinski definition) is 2. The lowest BCUT2D eigenvalue weighted by Crippen LogP contribution is -2.28. The molecule has 2 N–H and O–H groups in total. The summed E-state index contributed by atoms with van der Waals surface area (Å²) in [5, 5.41) is 12.1. The number of rotatable bonds is 8. The SMILES string of the molecule is CCCCOc1ccc(CN[C@H](C)CO)cc1. The highest BCUT2D eigenvalue weighted by Gasteiger charge is 1.99. The van der Waals surface area contributed by atoms with Crippen molar-refractivity contribution < 1.29 is 9.84 Å². The van der Waals surface area contributed by atoms with Crippen molar-refractivity contribution in [1.82, 2.24) is 5.32 Å². The standard InChI is InChI=1S/C14H23NO2/c1-3-4-9-17-14-7-5-13(6-8-14)10-15-12(2)11-16/h5-8,12,15-16H,3-4,9-11H2,1-2H3/t12-/m1/s1. The van der Waals surface area contributed by atoms with Crippen LogP contribution in [-0.2, 0) is 6.54 Å². The number of nitrogens with one attached hydrogen (secondary N) is 1. The van der Waals surface area contributed by atoms with Gasteiger partial charge in [0.2, 0.25) is 0 Å². The zero-order valence-electron chi connectivity index (χ0n) is 10.8. The van der Waals surface area contributed by atoms with Crippen LogP contribution in [-0.4, -0.2) is 24.4 Å². The van der Waals surface area contributed by atoms with E-state index in [4.69, 9.17) is 9.84 Å². The van der Waals surface area contributed by atoms with Crippen LogP contribution in [0.3, 0.4) is 0 Å². The first-order valence-corrected chi connectivity index (χ1v) is 6.32. The lowest BCUT2D eigenvalue weighted by Gasteiger charge is -2.11. The van der Waals surface area contributed by atoms with Gasteiger partial charge in [0.05, 0.1) is 13.2 Å². The summed E-state index contributed by atoms with van der Waals surface area (Å²) in [6.07, 6.45) is 2.25. The highest BCUT2D eigenvalue weighted by Crippen LogP contribution is 2.12. The number of benzene rings is 1. The van der Waals surface area contributed by atoms with E-state index in [0.29, 0.717) is 0 Å². The normalized spacial score (nSPS) is 12.4. The maximum absolute atomic E-state index is 8.89. The van der Waals surface area contributed by atoms with Crippen LogP contribution in [0, 0.1) is 0 Å². The molecule has 1 atom stereocenters. The van der Waals surface area contributed by atoms with E-state index < -0.39 is 0 Å². The Kier molecular flexibility index (Phi) is 6.67. The molecular formula is C14H23NO2. The third-order valence-corrected chi connectivity index (χ3v) is 2.62. The van der Waals surface area contributed by atoms with Gasteiger partial charge in [0.1, 0.15) is 5.75 Å². The first kappa shape index (κ1) is 14.0. The number of unbranched alkanes of at least 4 members (excludes halogenated alkanes) is 1. The maximum atomic E-state index is 8.89. The van der Waals surface area contributed by atoms with E-state index >= 15 is 0 Å². The van der Waals surface area contributed by atoms with E-state index in [1.54, 1.807) is 0 Å². The molecule has 0 amide bonds. The molecule has 3 heteroatoms. The molecular weight excluding hydrogens is 214 g/mol. The van der Waals surface area contributed by atoms with Gasteiger partial charge >= 0.3 is 0 Å². The summed E-state index contributed by atoms with van der Waals surface area (Å²) in [6, 6.07) is 8.24. The van der Waals surface area contributed by atoms with Gasteiger partial charge in [-0.15, -0.1) is 0 Å². The van der Waals surface area contributed by atoms with Crippen molar-refractivity contribution in [2.24, 2.45) is 0 Å². The molecule has 3 nitrogen and oxygen atoms in total. The Morgan fingerprint density at radius 1 is 1.29 bits per heavy atom. The molecule has 0 radical (unpaired) electrons. The van der Waals surface area contributed by atoms with Gasteiger partial charge in [-0.3, -0.25) is 0 Å². The maximum Gasteiger partial charge on any atom is 0.119 e. The minimum Gasteiger partial charge on any atom is -0.494 e. The van der Waals surface area contributed by atoms with E-state index in [-0.39, 0.29) is 12.6 Å².